The Morgan fingerprint density at radius 1 is 0.971 bits per heavy atom. The van der Waals surface area contributed by atoms with Crippen molar-refractivity contribution in [2.75, 3.05) is 6.61 Å². The summed E-state index contributed by atoms with van der Waals surface area (Å²) in [6, 6.07) is 23.8. The molecule has 0 unspecified atom stereocenters. The quantitative estimate of drug-likeness (QED) is 0.311. The van der Waals surface area contributed by atoms with E-state index in [2.05, 4.69) is 27.9 Å². The van der Waals surface area contributed by atoms with E-state index in [1.54, 1.807) is 11.0 Å². The zero-order valence-electron chi connectivity index (χ0n) is 20.1. The molecule has 184 valence electrons. The van der Waals surface area contributed by atoms with Crippen LogP contribution in [0.1, 0.15) is 31.9 Å². The third-order valence-electron chi connectivity index (χ3n) is 5.24. The van der Waals surface area contributed by atoms with E-state index in [9.17, 15) is 9.59 Å². The minimum absolute atomic E-state index is 0.184. The molecular weight excluding hydrogens is 575 g/mol. The fourth-order valence-electron chi connectivity index (χ4n) is 3.58. The lowest BCUT2D eigenvalue weighted by molar-refractivity contribution is -0.143. The second-order valence-electron chi connectivity index (χ2n) is 9.30. The molecule has 0 saturated carbocycles. The second-order valence-corrected chi connectivity index (χ2v) is 11.0. The molecule has 0 aliphatic rings. The van der Waals surface area contributed by atoms with Gasteiger partial charge in [0.05, 0.1) is 0 Å². The van der Waals surface area contributed by atoms with Crippen LogP contribution in [0.5, 0.6) is 5.75 Å². The summed E-state index contributed by atoms with van der Waals surface area (Å²) in [5, 5.41) is 3.59. The lowest BCUT2D eigenvalue weighted by Crippen LogP contribution is -2.55. The van der Waals surface area contributed by atoms with E-state index in [0.717, 1.165) is 14.7 Å². The SMILES string of the molecule is CC(C)(C)NC(=O)[C@H](Cc1ccccc1)N(Cc1ccccc1Cl)C(=O)COc1ccc(I)cc1. The average Bonchev–Trinajstić information content (AvgIpc) is 2.81. The molecule has 1 atom stereocenters. The number of halogens is 2. The molecule has 3 aromatic rings. The molecule has 0 spiro atoms. The van der Waals surface area contributed by atoms with Gasteiger partial charge in [0.15, 0.2) is 6.61 Å². The number of hydrogen-bond acceptors (Lipinski definition) is 3. The molecule has 1 N–H and O–H groups in total. The molecule has 0 aliphatic carbocycles. The van der Waals surface area contributed by atoms with Crippen molar-refractivity contribution in [3.63, 3.8) is 0 Å². The molecule has 2 amide bonds. The van der Waals surface area contributed by atoms with Gasteiger partial charge in [-0.3, -0.25) is 9.59 Å². The van der Waals surface area contributed by atoms with Crippen molar-refractivity contribution in [3.05, 3.63) is 98.6 Å². The predicted molar refractivity (Wildman–Crippen MR) is 148 cm³/mol. The number of ether oxygens (including phenoxy) is 1. The molecule has 0 saturated heterocycles. The molecule has 0 heterocycles. The highest BCUT2D eigenvalue weighted by Crippen LogP contribution is 2.21. The van der Waals surface area contributed by atoms with Crippen LogP contribution in [-0.4, -0.2) is 34.9 Å². The van der Waals surface area contributed by atoms with Crippen molar-refractivity contribution in [2.45, 2.75) is 45.3 Å². The van der Waals surface area contributed by atoms with Crippen LogP contribution < -0.4 is 10.1 Å². The van der Waals surface area contributed by atoms with Crippen molar-refractivity contribution >= 4 is 46.0 Å². The molecule has 0 radical (unpaired) electrons. The number of amides is 2. The first-order valence-electron chi connectivity index (χ1n) is 11.4. The Bertz CT molecular complexity index is 1130. The van der Waals surface area contributed by atoms with Crippen LogP contribution in [0.25, 0.3) is 0 Å². The van der Waals surface area contributed by atoms with Gasteiger partial charge in [-0.2, -0.15) is 0 Å². The Labute approximate surface area is 226 Å². The third-order valence-corrected chi connectivity index (χ3v) is 6.33. The van der Waals surface area contributed by atoms with Gasteiger partial charge in [-0.15, -0.1) is 0 Å². The van der Waals surface area contributed by atoms with E-state index in [1.807, 2.05) is 93.6 Å². The molecule has 0 fully saturated rings. The zero-order chi connectivity index (χ0) is 25.4. The Balaban J connectivity index is 1.93. The van der Waals surface area contributed by atoms with Crippen LogP contribution >= 0.6 is 34.2 Å². The molecule has 0 bridgehead atoms. The summed E-state index contributed by atoms with van der Waals surface area (Å²) in [5.41, 5.74) is 1.26. The van der Waals surface area contributed by atoms with Crippen molar-refractivity contribution in [2.24, 2.45) is 0 Å². The fourth-order valence-corrected chi connectivity index (χ4v) is 4.13. The fraction of sp³-hybridized carbons (Fsp3) is 0.286. The molecule has 0 aliphatic heterocycles. The maximum absolute atomic E-state index is 13.6. The van der Waals surface area contributed by atoms with Crippen molar-refractivity contribution in [1.29, 1.82) is 0 Å². The van der Waals surface area contributed by atoms with Crippen LogP contribution in [0.2, 0.25) is 5.02 Å². The van der Waals surface area contributed by atoms with E-state index in [4.69, 9.17) is 16.3 Å². The van der Waals surface area contributed by atoms with Gasteiger partial charge in [0.1, 0.15) is 11.8 Å². The first-order chi connectivity index (χ1) is 16.6. The Hall–Kier alpha value is -2.58. The molecule has 3 aromatic carbocycles. The first-order valence-corrected chi connectivity index (χ1v) is 12.9. The smallest absolute Gasteiger partial charge is 0.261 e. The highest BCUT2D eigenvalue weighted by Gasteiger charge is 2.32. The lowest BCUT2D eigenvalue weighted by atomic mass is 10.0. The summed E-state index contributed by atoms with van der Waals surface area (Å²) in [6.07, 6.45) is 0.364. The predicted octanol–water partition coefficient (Wildman–Crippen LogP) is 5.88. The molecular formula is C28H30ClIN2O3. The van der Waals surface area contributed by atoms with Gasteiger partial charge >= 0.3 is 0 Å². The van der Waals surface area contributed by atoms with Gasteiger partial charge in [-0.25, -0.2) is 0 Å². The molecule has 5 nitrogen and oxygen atoms in total. The van der Waals surface area contributed by atoms with Crippen molar-refractivity contribution in [3.8, 4) is 5.75 Å². The molecule has 35 heavy (non-hydrogen) atoms. The number of benzene rings is 3. The van der Waals surface area contributed by atoms with Crippen LogP contribution in [0.4, 0.5) is 0 Å². The van der Waals surface area contributed by atoms with Crippen LogP contribution in [0.15, 0.2) is 78.9 Å². The van der Waals surface area contributed by atoms with E-state index in [1.165, 1.54) is 0 Å². The summed E-state index contributed by atoms with van der Waals surface area (Å²) in [4.78, 5) is 28.7. The highest BCUT2D eigenvalue weighted by atomic mass is 127. The highest BCUT2D eigenvalue weighted by molar-refractivity contribution is 14.1. The standard InChI is InChI=1S/C28H30ClIN2O3/c1-28(2,3)31-27(34)25(17-20-9-5-4-6-10-20)32(18-21-11-7-8-12-24(21)29)26(33)19-35-23-15-13-22(30)14-16-23/h4-16,25H,17-19H2,1-3H3,(H,31,34)/t25-/m0/s1. The van der Waals surface area contributed by atoms with Crippen molar-refractivity contribution in [1.82, 2.24) is 10.2 Å². The Morgan fingerprint density at radius 3 is 2.23 bits per heavy atom. The monoisotopic (exact) mass is 604 g/mol. The average molecular weight is 605 g/mol. The third kappa shape index (κ3) is 8.54. The summed E-state index contributed by atoms with van der Waals surface area (Å²) in [6.45, 7) is 5.75. The van der Waals surface area contributed by atoms with Gasteiger partial charge in [0.25, 0.3) is 5.91 Å². The number of rotatable bonds is 9. The number of nitrogens with one attached hydrogen (secondary N) is 1. The summed E-state index contributed by atoms with van der Waals surface area (Å²) in [7, 11) is 0. The molecule has 7 heteroatoms. The lowest BCUT2D eigenvalue weighted by Gasteiger charge is -2.34. The number of carbonyl (C=O) groups is 2. The number of hydrogen-bond donors (Lipinski definition) is 1. The van der Waals surface area contributed by atoms with Crippen molar-refractivity contribution < 1.29 is 14.3 Å². The molecule has 3 rings (SSSR count). The summed E-state index contributed by atoms with van der Waals surface area (Å²) < 4.78 is 6.87. The second kappa shape index (κ2) is 12.4. The minimum atomic E-state index is -0.749. The van der Waals surface area contributed by atoms with Crippen LogP contribution in [0, 0.1) is 3.57 Å². The Kier molecular flexibility index (Phi) is 9.57. The maximum atomic E-state index is 13.6. The normalized spacial score (nSPS) is 12.0. The number of carbonyl (C=O) groups excluding carboxylic acids is 2. The van der Waals surface area contributed by atoms with E-state index >= 15 is 0 Å². The van der Waals surface area contributed by atoms with Gasteiger partial charge in [-0.1, -0.05) is 60.1 Å². The van der Waals surface area contributed by atoms with E-state index in [0.29, 0.717) is 17.2 Å². The van der Waals surface area contributed by atoms with Gasteiger partial charge < -0.3 is 15.0 Å². The number of nitrogens with zero attached hydrogens (tertiary/aromatic N) is 1. The van der Waals surface area contributed by atoms with E-state index in [-0.39, 0.29) is 25.0 Å². The van der Waals surface area contributed by atoms with Gasteiger partial charge in [0, 0.05) is 27.1 Å². The summed E-state index contributed by atoms with van der Waals surface area (Å²) >= 11 is 8.65. The topological polar surface area (TPSA) is 58.6 Å². The largest absolute Gasteiger partial charge is 0.484 e. The maximum Gasteiger partial charge on any atom is 0.261 e. The van der Waals surface area contributed by atoms with Crippen LogP contribution in [0.3, 0.4) is 0 Å². The zero-order valence-corrected chi connectivity index (χ0v) is 23.0. The summed E-state index contributed by atoms with van der Waals surface area (Å²) in [5.74, 6) is 0.0692. The molecule has 0 aromatic heterocycles. The van der Waals surface area contributed by atoms with Crippen LogP contribution in [-0.2, 0) is 22.6 Å². The van der Waals surface area contributed by atoms with E-state index < -0.39 is 11.6 Å². The first kappa shape index (κ1) is 27.0. The Morgan fingerprint density at radius 2 is 1.60 bits per heavy atom. The minimum Gasteiger partial charge on any atom is -0.484 e. The van der Waals surface area contributed by atoms with Gasteiger partial charge in [-0.05, 0) is 84.8 Å². The van der Waals surface area contributed by atoms with Gasteiger partial charge in [0.2, 0.25) is 5.91 Å².